The Bertz CT molecular complexity index is 363. The molecule has 15 heavy (non-hydrogen) atoms. The highest BCUT2D eigenvalue weighted by Gasteiger charge is 2.35. The van der Waals surface area contributed by atoms with Gasteiger partial charge < -0.3 is 15.1 Å². The summed E-state index contributed by atoms with van der Waals surface area (Å²) in [6, 6.07) is 1.73. The molecule has 1 saturated heterocycles. The van der Waals surface area contributed by atoms with Gasteiger partial charge in [0, 0.05) is 12.7 Å². The quantitative estimate of drug-likeness (QED) is 0.702. The SMILES string of the molecule is OCC1(O)CCN(c2ccnc(Cl)n2)C1. The smallest absolute Gasteiger partial charge is 0.224 e. The minimum Gasteiger partial charge on any atom is -0.393 e. The third-order valence-electron chi connectivity index (χ3n) is 2.56. The molecule has 0 spiro atoms. The first-order chi connectivity index (χ1) is 7.13. The van der Waals surface area contributed by atoms with Crippen LogP contribution in [0, 0.1) is 0 Å². The molecule has 0 amide bonds. The van der Waals surface area contributed by atoms with E-state index in [9.17, 15) is 5.11 Å². The van der Waals surface area contributed by atoms with Crippen molar-refractivity contribution in [3.8, 4) is 0 Å². The number of β-amino-alcohol motifs (C(OH)–C–C–N with tert-alkyl or cyclic N) is 1. The van der Waals surface area contributed by atoms with E-state index in [2.05, 4.69) is 9.97 Å². The number of nitrogens with zero attached hydrogens (tertiary/aromatic N) is 3. The van der Waals surface area contributed by atoms with Crippen molar-refractivity contribution < 1.29 is 10.2 Å². The number of aliphatic hydroxyl groups excluding tert-OH is 1. The van der Waals surface area contributed by atoms with Crippen molar-refractivity contribution in [2.75, 3.05) is 24.6 Å². The Morgan fingerprint density at radius 1 is 1.60 bits per heavy atom. The summed E-state index contributed by atoms with van der Waals surface area (Å²) in [7, 11) is 0. The summed E-state index contributed by atoms with van der Waals surface area (Å²) in [6.07, 6.45) is 2.10. The second-order valence-electron chi connectivity index (χ2n) is 3.74. The van der Waals surface area contributed by atoms with Gasteiger partial charge in [0.2, 0.25) is 5.28 Å². The van der Waals surface area contributed by atoms with Gasteiger partial charge in [-0.15, -0.1) is 0 Å². The van der Waals surface area contributed by atoms with Crippen molar-refractivity contribution in [1.29, 1.82) is 0 Å². The predicted molar refractivity (Wildman–Crippen MR) is 55.9 cm³/mol. The molecule has 1 fully saturated rings. The molecule has 1 aliphatic rings. The van der Waals surface area contributed by atoms with Crippen LogP contribution in [0.2, 0.25) is 5.28 Å². The van der Waals surface area contributed by atoms with Gasteiger partial charge in [-0.25, -0.2) is 9.97 Å². The van der Waals surface area contributed by atoms with Crippen LogP contribution in [0.15, 0.2) is 12.3 Å². The van der Waals surface area contributed by atoms with Gasteiger partial charge in [0.15, 0.2) is 0 Å². The summed E-state index contributed by atoms with van der Waals surface area (Å²) in [6.45, 7) is 0.795. The number of aromatic nitrogens is 2. The van der Waals surface area contributed by atoms with Gasteiger partial charge in [0.05, 0.1) is 13.2 Å². The first-order valence-electron chi connectivity index (χ1n) is 4.70. The van der Waals surface area contributed by atoms with Crippen LogP contribution in [0.3, 0.4) is 0 Å². The van der Waals surface area contributed by atoms with Crippen LogP contribution in [0.1, 0.15) is 6.42 Å². The molecule has 5 nitrogen and oxygen atoms in total. The molecule has 0 aliphatic carbocycles. The largest absolute Gasteiger partial charge is 0.393 e. The zero-order valence-corrected chi connectivity index (χ0v) is 8.85. The highest BCUT2D eigenvalue weighted by Crippen LogP contribution is 2.25. The fourth-order valence-corrected chi connectivity index (χ4v) is 1.83. The highest BCUT2D eigenvalue weighted by molar-refractivity contribution is 6.28. The van der Waals surface area contributed by atoms with Crippen molar-refractivity contribution in [3.05, 3.63) is 17.5 Å². The van der Waals surface area contributed by atoms with E-state index in [1.54, 1.807) is 12.3 Å². The van der Waals surface area contributed by atoms with Crippen LogP contribution in [0.25, 0.3) is 0 Å². The number of hydrogen-bond acceptors (Lipinski definition) is 5. The van der Waals surface area contributed by atoms with Crippen molar-refractivity contribution in [1.82, 2.24) is 9.97 Å². The summed E-state index contributed by atoms with van der Waals surface area (Å²) >= 11 is 5.67. The van der Waals surface area contributed by atoms with Crippen molar-refractivity contribution >= 4 is 17.4 Å². The normalized spacial score (nSPS) is 25.9. The molecule has 1 atom stereocenters. The molecule has 6 heteroatoms. The molecule has 0 radical (unpaired) electrons. The van der Waals surface area contributed by atoms with Gasteiger partial charge in [-0.2, -0.15) is 0 Å². The van der Waals surface area contributed by atoms with E-state index in [0.717, 1.165) is 0 Å². The van der Waals surface area contributed by atoms with Gasteiger partial charge in [0.25, 0.3) is 0 Å². The average Bonchev–Trinajstić information content (AvgIpc) is 2.62. The number of halogens is 1. The molecule has 2 rings (SSSR count). The lowest BCUT2D eigenvalue weighted by molar-refractivity contribution is 0.00473. The van der Waals surface area contributed by atoms with Crippen molar-refractivity contribution in [3.63, 3.8) is 0 Å². The van der Waals surface area contributed by atoms with Crippen molar-refractivity contribution in [2.45, 2.75) is 12.0 Å². The van der Waals surface area contributed by atoms with E-state index in [4.69, 9.17) is 16.7 Å². The zero-order chi connectivity index (χ0) is 10.9. The second kappa shape index (κ2) is 3.92. The fourth-order valence-electron chi connectivity index (χ4n) is 1.68. The second-order valence-corrected chi connectivity index (χ2v) is 4.08. The minimum atomic E-state index is -1.02. The number of rotatable bonds is 2. The van der Waals surface area contributed by atoms with Gasteiger partial charge in [-0.05, 0) is 24.1 Å². The molecule has 0 aromatic carbocycles. The molecule has 2 N–H and O–H groups in total. The Hall–Kier alpha value is -0.910. The van der Waals surface area contributed by atoms with Crippen LogP contribution in [-0.2, 0) is 0 Å². The van der Waals surface area contributed by atoms with Crippen LogP contribution < -0.4 is 4.90 Å². The Morgan fingerprint density at radius 2 is 2.40 bits per heavy atom. The molecule has 1 aromatic heterocycles. The topological polar surface area (TPSA) is 69.5 Å². The van der Waals surface area contributed by atoms with Crippen LogP contribution in [-0.4, -0.2) is 45.5 Å². The molecule has 0 saturated carbocycles. The summed E-state index contributed by atoms with van der Waals surface area (Å²) in [5, 5.41) is 19.0. The predicted octanol–water partition coefficient (Wildman–Crippen LogP) is 0.0635. The lowest BCUT2D eigenvalue weighted by Crippen LogP contribution is -2.36. The van der Waals surface area contributed by atoms with E-state index in [1.165, 1.54) is 0 Å². The van der Waals surface area contributed by atoms with Crippen LogP contribution in [0.5, 0.6) is 0 Å². The maximum Gasteiger partial charge on any atom is 0.224 e. The Morgan fingerprint density at radius 3 is 3.00 bits per heavy atom. The van der Waals surface area contributed by atoms with E-state index < -0.39 is 5.60 Å². The molecule has 0 bridgehead atoms. The summed E-state index contributed by atoms with van der Waals surface area (Å²) in [5.41, 5.74) is -1.02. The van der Waals surface area contributed by atoms with E-state index in [0.29, 0.717) is 25.3 Å². The lowest BCUT2D eigenvalue weighted by Gasteiger charge is -2.21. The van der Waals surface area contributed by atoms with Gasteiger partial charge in [0.1, 0.15) is 11.4 Å². The highest BCUT2D eigenvalue weighted by atomic mass is 35.5. The number of anilines is 1. The summed E-state index contributed by atoms with van der Waals surface area (Å²) in [5.74, 6) is 0.680. The average molecular weight is 230 g/mol. The van der Waals surface area contributed by atoms with Gasteiger partial charge >= 0.3 is 0 Å². The third kappa shape index (κ3) is 2.19. The Balaban J connectivity index is 2.14. The maximum absolute atomic E-state index is 9.83. The number of aliphatic hydroxyl groups is 2. The van der Waals surface area contributed by atoms with E-state index in [-0.39, 0.29) is 11.9 Å². The van der Waals surface area contributed by atoms with E-state index in [1.807, 2.05) is 4.90 Å². The van der Waals surface area contributed by atoms with Crippen molar-refractivity contribution in [2.24, 2.45) is 0 Å². The lowest BCUT2D eigenvalue weighted by atomic mass is 10.1. The Kier molecular flexibility index (Phi) is 2.77. The van der Waals surface area contributed by atoms with E-state index >= 15 is 0 Å². The van der Waals surface area contributed by atoms with Crippen LogP contribution >= 0.6 is 11.6 Å². The standard InChI is InChI=1S/C9H12ClN3O2/c10-8-11-3-1-7(12-8)13-4-2-9(15,5-13)6-14/h1,3,14-15H,2,4-6H2. The summed E-state index contributed by atoms with van der Waals surface area (Å²) < 4.78 is 0. The maximum atomic E-state index is 9.83. The monoisotopic (exact) mass is 229 g/mol. The van der Waals surface area contributed by atoms with Gasteiger partial charge in [-0.3, -0.25) is 0 Å². The first-order valence-corrected chi connectivity index (χ1v) is 5.07. The molecule has 1 aromatic rings. The first kappa shape index (κ1) is 10.6. The zero-order valence-electron chi connectivity index (χ0n) is 8.10. The third-order valence-corrected chi connectivity index (χ3v) is 2.74. The Labute approximate surface area is 92.3 Å². The molecule has 2 heterocycles. The fraction of sp³-hybridized carbons (Fsp3) is 0.556. The molecular weight excluding hydrogens is 218 g/mol. The molecule has 1 aliphatic heterocycles. The summed E-state index contributed by atoms with van der Waals surface area (Å²) in [4.78, 5) is 9.70. The van der Waals surface area contributed by atoms with Crippen LogP contribution in [0.4, 0.5) is 5.82 Å². The molecule has 1 unspecified atom stereocenters. The van der Waals surface area contributed by atoms with Gasteiger partial charge in [-0.1, -0.05) is 0 Å². The molecular formula is C9H12ClN3O2. The minimum absolute atomic E-state index is 0.187. The molecule has 82 valence electrons. The number of hydrogen-bond donors (Lipinski definition) is 2.